The predicted molar refractivity (Wildman–Crippen MR) is 96.0 cm³/mol. The SMILES string of the molecule is CCOC(=O)c1ccccc1NCC(=O)Nc1ccc(Cl)c(Cl)c1. The monoisotopic (exact) mass is 366 g/mol. The van der Waals surface area contributed by atoms with Gasteiger partial charge >= 0.3 is 5.97 Å². The summed E-state index contributed by atoms with van der Waals surface area (Å²) in [5, 5.41) is 6.39. The molecule has 126 valence electrons. The first-order valence-electron chi connectivity index (χ1n) is 7.26. The fourth-order valence-electron chi connectivity index (χ4n) is 1.98. The van der Waals surface area contributed by atoms with Crippen molar-refractivity contribution in [3.8, 4) is 0 Å². The molecule has 1 amide bonds. The molecule has 2 rings (SSSR count). The van der Waals surface area contributed by atoms with Crippen LogP contribution in [0.4, 0.5) is 11.4 Å². The van der Waals surface area contributed by atoms with E-state index in [1.165, 1.54) is 0 Å². The second-order valence-corrected chi connectivity index (χ2v) is 5.61. The Balaban J connectivity index is 1.99. The number of halogens is 2. The summed E-state index contributed by atoms with van der Waals surface area (Å²) in [5.74, 6) is -0.724. The topological polar surface area (TPSA) is 67.4 Å². The minimum Gasteiger partial charge on any atom is -0.462 e. The van der Waals surface area contributed by atoms with Gasteiger partial charge in [-0.3, -0.25) is 4.79 Å². The molecule has 0 aliphatic carbocycles. The molecule has 2 aromatic rings. The van der Waals surface area contributed by atoms with Crippen LogP contribution in [0.3, 0.4) is 0 Å². The van der Waals surface area contributed by atoms with Crippen LogP contribution in [0.1, 0.15) is 17.3 Å². The molecule has 5 nitrogen and oxygen atoms in total. The summed E-state index contributed by atoms with van der Waals surface area (Å²) in [7, 11) is 0. The fourth-order valence-corrected chi connectivity index (χ4v) is 2.28. The molecule has 0 aromatic heterocycles. The molecule has 0 heterocycles. The molecule has 0 saturated heterocycles. The van der Waals surface area contributed by atoms with Gasteiger partial charge in [0.05, 0.1) is 28.8 Å². The Morgan fingerprint density at radius 1 is 1.08 bits per heavy atom. The molecule has 0 saturated carbocycles. The first-order chi connectivity index (χ1) is 11.5. The van der Waals surface area contributed by atoms with E-state index in [-0.39, 0.29) is 19.1 Å². The van der Waals surface area contributed by atoms with Crippen LogP contribution in [0.5, 0.6) is 0 Å². The Hall–Kier alpha value is -2.24. The summed E-state index contributed by atoms with van der Waals surface area (Å²) >= 11 is 11.7. The maximum Gasteiger partial charge on any atom is 0.340 e. The van der Waals surface area contributed by atoms with E-state index >= 15 is 0 Å². The van der Waals surface area contributed by atoms with Crippen LogP contribution in [-0.2, 0) is 9.53 Å². The van der Waals surface area contributed by atoms with E-state index in [0.29, 0.717) is 27.0 Å². The molecular weight excluding hydrogens is 351 g/mol. The number of amides is 1. The normalized spacial score (nSPS) is 10.1. The molecule has 2 aromatic carbocycles. The summed E-state index contributed by atoms with van der Waals surface area (Å²) in [6, 6.07) is 11.7. The van der Waals surface area contributed by atoms with Crippen molar-refractivity contribution in [3.63, 3.8) is 0 Å². The summed E-state index contributed by atoms with van der Waals surface area (Å²) in [5.41, 5.74) is 1.44. The third-order valence-corrected chi connectivity index (χ3v) is 3.80. The van der Waals surface area contributed by atoms with Crippen LogP contribution >= 0.6 is 23.2 Å². The van der Waals surface area contributed by atoms with Crippen molar-refractivity contribution in [2.24, 2.45) is 0 Å². The standard InChI is InChI=1S/C17H16Cl2N2O3/c1-2-24-17(23)12-5-3-4-6-15(12)20-10-16(22)21-11-7-8-13(18)14(19)9-11/h3-9,20H,2,10H2,1H3,(H,21,22). The number of benzene rings is 2. The van der Waals surface area contributed by atoms with Gasteiger partial charge in [0, 0.05) is 11.4 Å². The number of anilines is 2. The second-order valence-electron chi connectivity index (χ2n) is 4.80. The van der Waals surface area contributed by atoms with Gasteiger partial charge in [-0.15, -0.1) is 0 Å². The van der Waals surface area contributed by atoms with Gasteiger partial charge in [-0.1, -0.05) is 35.3 Å². The van der Waals surface area contributed by atoms with E-state index in [2.05, 4.69) is 10.6 Å². The summed E-state index contributed by atoms with van der Waals surface area (Å²) in [6.45, 7) is 2.00. The highest BCUT2D eigenvalue weighted by molar-refractivity contribution is 6.42. The second kappa shape index (κ2) is 8.57. The van der Waals surface area contributed by atoms with E-state index in [1.54, 1.807) is 49.4 Å². The molecule has 0 unspecified atom stereocenters. The quantitative estimate of drug-likeness (QED) is 0.751. The number of carbonyl (C=O) groups excluding carboxylic acids is 2. The zero-order valence-electron chi connectivity index (χ0n) is 12.9. The number of nitrogens with one attached hydrogen (secondary N) is 2. The Kier molecular flexibility index (Phi) is 6.46. The maximum absolute atomic E-state index is 12.0. The molecular formula is C17H16Cl2N2O3. The lowest BCUT2D eigenvalue weighted by Crippen LogP contribution is -2.22. The lowest BCUT2D eigenvalue weighted by atomic mass is 10.2. The van der Waals surface area contributed by atoms with Crippen LogP contribution in [0, 0.1) is 0 Å². The van der Waals surface area contributed by atoms with Crippen molar-refractivity contribution in [2.45, 2.75) is 6.92 Å². The molecule has 0 aliphatic rings. The van der Waals surface area contributed by atoms with E-state index in [9.17, 15) is 9.59 Å². The van der Waals surface area contributed by atoms with Crippen molar-refractivity contribution in [1.29, 1.82) is 0 Å². The predicted octanol–water partition coefficient (Wildman–Crippen LogP) is 4.22. The van der Waals surface area contributed by atoms with Crippen LogP contribution in [-0.4, -0.2) is 25.0 Å². The van der Waals surface area contributed by atoms with Gasteiger partial charge in [0.1, 0.15) is 0 Å². The number of carbonyl (C=O) groups is 2. The fraction of sp³-hybridized carbons (Fsp3) is 0.176. The lowest BCUT2D eigenvalue weighted by Gasteiger charge is -2.11. The van der Waals surface area contributed by atoms with Crippen LogP contribution < -0.4 is 10.6 Å². The van der Waals surface area contributed by atoms with Gasteiger partial charge in [-0.2, -0.15) is 0 Å². The van der Waals surface area contributed by atoms with Crippen molar-refractivity contribution in [3.05, 3.63) is 58.1 Å². The molecule has 0 fully saturated rings. The van der Waals surface area contributed by atoms with E-state index < -0.39 is 5.97 Å². The van der Waals surface area contributed by atoms with Crippen LogP contribution in [0.2, 0.25) is 10.0 Å². The maximum atomic E-state index is 12.0. The summed E-state index contributed by atoms with van der Waals surface area (Å²) in [6.07, 6.45) is 0. The van der Waals surface area contributed by atoms with Crippen molar-refractivity contribution in [2.75, 3.05) is 23.8 Å². The average molecular weight is 367 g/mol. The Labute approximate surface area is 149 Å². The van der Waals surface area contributed by atoms with Crippen molar-refractivity contribution in [1.82, 2.24) is 0 Å². The van der Waals surface area contributed by atoms with Gasteiger partial charge in [-0.25, -0.2) is 4.79 Å². The molecule has 0 atom stereocenters. The summed E-state index contributed by atoms with van der Waals surface area (Å²) < 4.78 is 4.99. The van der Waals surface area contributed by atoms with Crippen LogP contribution in [0.25, 0.3) is 0 Å². The highest BCUT2D eigenvalue weighted by Gasteiger charge is 2.12. The third kappa shape index (κ3) is 4.88. The van der Waals surface area contributed by atoms with E-state index in [4.69, 9.17) is 27.9 Å². The van der Waals surface area contributed by atoms with Gasteiger partial charge in [-0.05, 0) is 37.3 Å². The molecule has 7 heteroatoms. The van der Waals surface area contributed by atoms with Gasteiger partial charge in [0.15, 0.2) is 0 Å². The third-order valence-electron chi connectivity index (χ3n) is 3.07. The van der Waals surface area contributed by atoms with E-state index in [1.807, 2.05) is 0 Å². The Morgan fingerprint density at radius 3 is 2.54 bits per heavy atom. The number of ether oxygens (including phenoxy) is 1. The molecule has 24 heavy (non-hydrogen) atoms. The lowest BCUT2D eigenvalue weighted by molar-refractivity contribution is -0.114. The van der Waals surface area contributed by atoms with Crippen molar-refractivity contribution < 1.29 is 14.3 Å². The van der Waals surface area contributed by atoms with Gasteiger partial charge in [0.25, 0.3) is 0 Å². The Bertz CT molecular complexity index is 750. The highest BCUT2D eigenvalue weighted by Crippen LogP contribution is 2.25. The number of hydrogen-bond donors (Lipinski definition) is 2. The first-order valence-corrected chi connectivity index (χ1v) is 8.01. The number of hydrogen-bond acceptors (Lipinski definition) is 4. The molecule has 0 spiro atoms. The molecule has 0 aliphatic heterocycles. The summed E-state index contributed by atoms with van der Waals surface area (Å²) in [4.78, 5) is 23.9. The highest BCUT2D eigenvalue weighted by atomic mass is 35.5. The molecule has 2 N–H and O–H groups in total. The zero-order chi connectivity index (χ0) is 17.5. The zero-order valence-corrected chi connectivity index (χ0v) is 14.4. The molecule has 0 bridgehead atoms. The van der Waals surface area contributed by atoms with Crippen molar-refractivity contribution >= 4 is 46.5 Å². The van der Waals surface area contributed by atoms with Gasteiger partial charge < -0.3 is 15.4 Å². The smallest absolute Gasteiger partial charge is 0.340 e. The number of rotatable bonds is 6. The van der Waals surface area contributed by atoms with Crippen LogP contribution in [0.15, 0.2) is 42.5 Å². The largest absolute Gasteiger partial charge is 0.462 e. The minimum atomic E-state index is -0.439. The minimum absolute atomic E-state index is 0.0172. The number of para-hydroxylation sites is 1. The molecule has 0 radical (unpaired) electrons. The van der Waals surface area contributed by atoms with Gasteiger partial charge in [0.2, 0.25) is 5.91 Å². The number of esters is 1. The Morgan fingerprint density at radius 2 is 1.83 bits per heavy atom. The average Bonchev–Trinajstić information content (AvgIpc) is 2.57. The van der Waals surface area contributed by atoms with E-state index in [0.717, 1.165) is 0 Å². The first kappa shape index (κ1) is 18.1.